The fraction of sp³-hybridized carbons (Fsp3) is 0.850. The standard InChI is InChI=1S/C20H38N2O5/c1-9-11-13-26-19(24)17(15(5)6)21(7)18(23)16(14(3)4)22(8)20(25)27-12-10-2/h14-17H,9-13H2,1-8H3. The molecule has 7 nitrogen and oxygen atoms in total. The molecule has 0 N–H and O–H groups in total. The highest BCUT2D eigenvalue weighted by Crippen LogP contribution is 2.19. The minimum atomic E-state index is -0.718. The number of esters is 1. The Labute approximate surface area is 164 Å². The minimum Gasteiger partial charge on any atom is -0.464 e. The van der Waals surface area contributed by atoms with Gasteiger partial charge in [0.2, 0.25) is 5.91 Å². The Balaban J connectivity index is 5.37. The number of carbonyl (C=O) groups is 3. The highest BCUT2D eigenvalue weighted by atomic mass is 16.6. The van der Waals surface area contributed by atoms with Crippen molar-refractivity contribution >= 4 is 18.0 Å². The molecule has 0 heterocycles. The van der Waals surface area contributed by atoms with Crippen LogP contribution in [0.5, 0.6) is 0 Å². The van der Waals surface area contributed by atoms with Gasteiger partial charge in [-0.3, -0.25) is 9.69 Å². The molecule has 0 radical (unpaired) electrons. The van der Waals surface area contributed by atoms with Crippen molar-refractivity contribution in [3.05, 3.63) is 0 Å². The Hall–Kier alpha value is -1.79. The second kappa shape index (κ2) is 12.6. The highest BCUT2D eigenvalue weighted by molar-refractivity contribution is 5.89. The molecule has 2 amide bonds. The van der Waals surface area contributed by atoms with Crippen LogP contribution >= 0.6 is 0 Å². The van der Waals surface area contributed by atoms with Gasteiger partial charge in [-0.15, -0.1) is 0 Å². The van der Waals surface area contributed by atoms with Gasteiger partial charge in [-0.05, 0) is 24.7 Å². The summed E-state index contributed by atoms with van der Waals surface area (Å²) in [5, 5.41) is 0. The Morgan fingerprint density at radius 3 is 1.78 bits per heavy atom. The normalized spacial score (nSPS) is 13.3. The third-order valence-corrected chi connectivity index (χ3v) is 4.40. The molecule has 158 valence electrons. The monoisotopic (exact) mass is 386 g/mol. The third kappa shape index (κ3) is 7.77. The molecule has 0 aliphatic carbocycles. The van der Waals surface area contributed by atoms with Crippen LogP contribution in [-0.4, -0.2) is 67.2 Å². The molecule has 0 aromatic rings. The molecule has 0 aliphatic heterocycles. The molecule has 0 bridgehead atoms. The van der Waals surface area contributed by atoms with Gasteiger partial charge in [0.1, 0.15) is 12.1 Å². The summed E-state index contributed by atoms with van der Waals surface area (Å²) in [6.45, 7) is 12.0. The molecule has 0 aliphatic rings. The summed E-state index contributed by atoms with van der Waals surface area (Å²) >= 11 is 0. The van der Waals surface area contributed by atoms with E-state index in [1.54, 1.807) is 14.1 Å². The van der Waals surface area contributed by atoms with Crippen LogP contribution in [0, 0.1) is 11.8 Å². The number of hydrogen-bond donors (Lipinski definition) is 0. The Morgan fingerprint density at radius 1 is 0.778 bits per heavy atom. The van der Waals surface area contributed by atoms with Crippen LogP contribution in [0.15, 0.2) is 0 Å². The first-order chi connectivity index (χ1) is 12.6. The summed E-state index contributed by atoms with van der Waals surface area (Å²) < 4.78 is 10.5. The third-order valence-electron chi connectivity index (χ3n) is 4.40. The van der Waals surface area contributed by atoms with Gasteiger partial charge in [0.25, 0.3) is 0 Å². The smallest absolute Gasteiger partial charge is 0.410 e. The molecule has 0 aromatic heterocycles. The van der Waals surface area contributed by atoms with Crippen molar-refractivity contribution in [3.63, 3.8) is 0 Å². The molecule has 2 atom stereocenters. The lowest BCUT2D eigenvalue weighted by Gasteiger charge is -2.36. The summed E-state index contributed by atoms with van der Waals surface area (Å²) in [5.74, 6) is -0.957. The number of likely N-dealkylation sites (N-methyl/N-ethyl adjacent to an activating group) is 2. The molecule has 27 heavy (non-hydrogen) atoms. The van der Waals surface area contributed by atoms with Crippen LogP contribution in [0.25, 0.3) is 0 Å². The van der Waals surface area contributed by atoms with E-state index in [-0.39, 0.29) is 17.7 Å². The second-order valence-electron chi connectivity index (χ2n) is 7.57. The van der Waals surface area contributed by atoms with Crippen LogP contribution in [0.3, 0.4) is 0 Å². The van der Waals surface area contributed by atoms with Crippen molar-refractivity contribution in [1.29, 1.82) is 0 Å². The van der Waals surface area contributed by atoms with Crippen molar-refractivity contribution in [2.24, 2.45) is 11.8 Å². The zero-order chi connectivity index (χ0) is 21.1. The predicted octanol–water partition coefficient (Wildman–Crippen LogP) is 3.32. The van der Waals surface area contributed by atoms with E-state index in [0.29, 0.717) is 19.6 Å². The molecule has 0 fully saturated rings. The van der Waals surface area contributed by atoms with Crippen molar-refractivity contribution < 1.29 is 23.9 Å². The van der Waals surface area contributed by atoms with Gasteiger partial charge in [0, 0.05) is 14.1 Å². The highest BCUT2D eigenvalue weighted by Gasteiger charge is 2.38. The molecule has 0 rings (SSSR count). The van der Waals surface area contributed by atoms with E-state index in [4.69, 9.17) is 9.47 Å². The number of rotatable bonds is 11. The predicted molar refractivity (Wildman–Crippen MR) is 105 cm³/mol. The number of ether oxygens (including phenoxy) is 2. The van der Waals surface area contributed by atoms with Crippen LogP contribution in [0.2, 0.25) is 0 Å². The van der Waals surface area contributed by atoms with Crippen LogP contribution in [0.4, 0.5) is 4.79 Å². The van der Waals surface area contributed by atoms with Gasteiger partial charge in [-0.1, -0.05) is 48.0 Å². The SMILES string of the molecule is CCCCOC(=O)C(C(C)C)N(C)C(=O)C(C(C)C)N(C)C(=O)OCCC. The van der Waals surface area contributed by atoms with Gasteiger partial charge in [-0.25, -0.2) is 9.59 Å². The fourth-order valence-corrected chi connectivity index (χ4v) is 2.93. The number of unbranched alkanes of at least 4 members (excludes halogenated alkanes) is 1. The van der Waals surface area contributed by atoms with Gasteiger partial charge in [0.05, 0.1) is 13.2 Å². The van der Waals surface area contributed by atoms with Gasteiger partial charge < -0.3 is 14.4 Å². The van der Waals surface area contributed by atoms with Crippen molar-refractivity contribution in [1.82, 2.24) is 9.80 Å². The van der Waals surface area contributed by atoms with E-state index in [1.165, 1.54) is 9.80 Å². The van der Waals surface area contributed by atoms with E-state index in [9.17, 15) is 14.4 Å². The van der Waals surface area contributed by atoms with Crippen LogP contribution in [0.1, 0.15) is 60.8 Å². The lowest BCUT2D eigenvalue weighted by Crippen LogP contribution is -2.56. The largest absolute Gasteiger partial charge is 0.464 e. The van der Waals surface area contributed by atoms with E-state index < -0.39 is 24.1 Å². The first kappa shape index (κ1) is 25.2. The number of amides is 2. The Bertz CT molecular complexity index is 479. The molecule has 0 saturated heterocycles. The van der Waals surface area contributed by atoms with Crippen molar-refractivity contribution in [2.75, 3.05) is 27.3 Å². The van der Waals surface area contributed by atoms with E-state index >= 15 is 0 Å². The lowest BCUT2D eigenvalue weighted by molar-refractivity contribution is -0.158. The van der Waals surface area contributed by atoms with Crippen molar-refractivity contribution in [3.8, 4) is 0 Å². The summed E-state index contributed by atoms with van der Waals surface area (Å²) in [7, 11) is 3.15. The lowest BCUT2D eigenvalue weighted by atomic mass is 9.98. The van der Waals surface area contributed by atoms with Gasteiger partial charge in [-0.2, -0.15) is 0 Å². The maximum atomic E-state index is 13.2. The average Bonchev–Trinajstić information content (AvgIpc) is 2.59. The summed E-state index contributed by atoms with van der Waals surface area (Å²) in [5.41, 5.74) is 0. The summed E-state index contributed by atoms with van der Waals surface area (Å²) in [6, 6.07) is -1.42. The quantitative estimate of drug-likeness (QED) is 0.402. The topological polar surface area (TPSA) is 76.2 Å². The molecule has 2 unspecified atom stereocenters. The Morgan fingerprint density at radius 2 is 1.33 bits per heavy atom. The first-order valence-electron chi connectivity index (χ1n) is 9.92. The fourth-order valence-electron chi connectivity index (χ4n) is 2.93. The van der Waals surface area contributed by atoms with Crippen molar-refractivity contribution in [2.45, 2.75) is 72.9 Å². The zero-order valence-corrected chi connectivity index (χ0v) is 18.3. The van der Waals surface area contributed by atoms with Crippen LogP contribution < -0.4 is 0 Å². The molecule has 0 saturated carbocycles. The summed E-state index contributed by atoms with van der Waals surface area (Å²) in [6.07, 6.45) is 1.88. The number of nitrogens with zero attached hydrogens (tertiary/aromatic N) is 2. The van der Waals surface area contributed by atoms with E-state index in [0.717, 1.165) is 12.8 Å². The zero-order valence-electron chi connectivity index (χ0n) is 18.3. The van der Waals surface area contributed by atoms with E-state index in [1.807, 2.05) is 41.5 Å². The van der Waals surface area contributed by atoms with Gasteiger partial charge in [0.15, 0.2) is 0 Å². The molecular formula is C20H38N2O5. The number of hydrogen-bond acceptors (Lipinski definition) is 5. The minimum absolute atomic E-state index is 0.113. The van der Waals surface area contributed by atoms with Gasteiger partial charge >= 0.3 is 12.1 Å². The maximum Gasteiger partial charge on any atom is 0.410 e. The first-order valence-corrected chi connectivity index (χ1v) is 9.92. The maximum absolute atomic E-state index is 13.2. The molecule has 0 aromatic carbocycles. The Kier molecular flexibility index (Phi) is 11.7. The van der Waals surface area contributed by atoms with Crippen LogP contribution in [-0.2, 0) is 19.1 Å². The molecule has 7 heteroatoms. The summed E-state index contributed by atoms with van der Waals surface area (Å²) in [4.78, 5) is 40.6. The second-order valence-corrected chi connectivity index (χ2v) is 7.57. The number of carbonyl (C=O) groups excluding carboxylic acids is 3. The molecule has 0 spiro atoms. The molecular weight excluding hydrogens is 348 g/mol. The average molecular weight is 387 g/mol. The van der Waals surface area contributed by atoms with E-state index in [2.05, 4.69) is 0 Å².